The van der Waals surface area contributed by atoms with Crippen molar-refractivity contribution in [1.29, 1.82) is 0 Å². The van der Waals surface area contributed by atoms with Crippen LogP contribution in [0.2, 0.25) is 0 Å². The summed E-state index contributed by atoms with van der Waals surface area (Å²) in [6, 6.07) is 11.9. The van der Waals surface area contributed by atoms with Gasteiger partial charge in [0.1, 0.15) is 5.75 Å². The van der Waals surface area contributed by atoms with E-state index >= 15 is 0 Å². The van der Waals surface area contributed by atoms with Crippen molar-refractivity contribution in [1.82, 2.24) is 5.43 Å². The first kappa shape index (κ1) is 20.9. The number of carbonyl (C=O) groups is 1. The Hall–Kier alpha value is -3.42. The molecule has 148 valence electrons. The molecular weight excluding hydrogens is 362 g/mol. The van der Waals surface area contributed by atoms with Gasteiger partial charge in [-0.25, -0.2) is 5.43 Å². The minimum Gasteiger partial charge on any atom is -0.490 e. The molecule has 0 heterocycles. The SMILES string of the molecule is COc1ccc(/C=N\NC(=O)COc2ccc(C(C)(C)C)cc2)cc1[N+](=O)[O-]. The fourth-order valence-electron chi connectivity index (χ4n) is 2.34. The molecule has 0 bridgehead atoms. The fourth-order valence-corrected chi connectivity index (χ4v) is 2.34. The molecule has 0 aromatic heterocycles. The van der Waals surface area contributed by atoms with Crippen LogP contribution in [-0.4, -0.2) is 30.8 Å². The van der Waals surface area contributed by atoms with Crippen LogP contribution in [0.5, 0.6) is 11.5 Å². The summed E-state index contributed by atoms with van der Waals surface area (Å²) in [5.74, 6) is 0.286. The molecule has 0 fully saturated rings. The maximum atomic E-state index is 11.8. The molecule has 0 atom stereocenters. The van der Waals surface area contributed by atoms with Crippen LogP contribution in [0.25, 0.3) is 0 Å². The van der Waals surface area contributed by atoms with E-state index < -0.39 is 10.8 Å². The van der Waals surface area contributed by atoms with Crippen LogP contribution >= 0.6 is 0 Å². The number of carbonyl (C=O) groups excluding carboxylic acids is 1. The lowest BCUT2D eigenvalue weighted by molar-refractivity contribution is -0.385. The Morgan fingerprint density at radius 1 is 1.21 bits per heavy atom. The first-order valence-electron chi connectivity index (χ1n) is 8.58. The van der Waals surface area contributed by atoms with Crippen molar-refractivity contribution in [2.45, 2.75) is 26.2 Å². The van der Waals surface area contributed by atoms with Crippen LogP contribution in [-0.2, 0) is 10.2 Å². The van der Waals surface area contributed by atoms with Crippen molar-refractivity contribution in [3.8, 4) is 11.5 Å². The third-order valence-electron chi connectivity index (χ3n) is 3.89. The molecule has 2 aromatic carbocycles. The number of hydrogen-bond donors (Lipinski definition) is 1. The minimum atomic E-state index is -0.548. The van der Waals surface area contributed by atoms with E-state index in [0.717, 1.165) is 0 Å². The molecular formula is C20H23N3O5. The zero-order chi connectivity index (χ0) is 20.7. The molecule has 1 amide bonds. The maximum Gasteiger partial charge on any atom is 0.311 e. The number of methoxy groups -OCH3 is 1. The highest BCUT2D eigenvalue weighted by Gasteiger charge is 2.15. The quantitative estimate of drug-likeness (QED) is 0.447. The number of rotatable bonds is 7. The molecule has 2 aromatic rings. The van der Waals surface area contributed by atoms with E-state index in [9.17, 15) is 14.9 Å². The highest BCUT2D eigenvalue weighted by Crippen LogP contribution is 2.27. The van der Waals surface area contributed by atoms with Crippen LogP contribution in [0.1, 0.15) is 31.9 Å². The van der Waals surface area contributed by atoms with Crippen LogP contribution < -0.4 is 14.9 Å². The van der Waals surface area contributed by atoms with Crippen LogP contribution in [0, 0.1) is 10.1 Å². The third-order valence-corrected chi connectivity index (χ3v) is 3.89. The van der Waals surface area contributed by atoms with E-state index in [1.165, 1.54) is 31.0 Å². The number of nitro groups is 1. The number of nitro benzene ring substituents is 1. The predicted octanol–water partition coefficient (Wildman–Crippen LogP) is 3.43. The van der Waals surface area contributed by atoms with E-state index in [1.54, 1.807) is 6.07 Å². The van der Waals surface area contributed by atoms with Crippen molar-refractivity contribution in [3.63, 3.8) is 0 Å². The molecule has 1 N–H and O–H groups in total. The second-order valence-electron chi connectivity index (χ2n) is 7.04. The summed E-state index contributed by atoms with van der Waals surface area (Å²) in [5, 5.41) is 14.8. The zero-order valence-electron chi connectivity index (χ0n) is 16.3. The Morgan fingerprint density at radius 2 is 1.89 bits per heavy atom. The summed E-state index contributed by atoms with van der Waals surface area (Å²) >= 11 is 0. The number of nitrogens with zero attached hydrogens (tertiary/aromatic N) is 2. The summed E-state index contributed by atoms with van der Waals surface area (Å²) in [6.45, 7) is 6.15. The Kier molecular flexibility index (Phi) is 6.70. The Balaban J connectivity index is 1.88. The van der Waals surface area contributed by atoms with E-state index in [0.29, 0.717) is 11.3 Å². The van der Waals surface area contributed by atoms with E-state index in [1.807, 2.05) is 24.3 Å². The van der Waals surface area contributed by atoms with Crippen LogP contribution in [0.4, 0.5) is 5.69 Å². The van der Waals surface area contributed by atoms with Crippen molar-refractivity contribution >= 4 is 17.8 Å². The molecule has 0 aliphatic rings. The molecule has 0 unspecified atom stereocenters. The largest absolute Gasteiger partial charge is 0.490 e. The Bertz CT molecular complexity index is 870. The highest BCUT2D eigenvalue weighted by atomic mass is 16.6. The summed E-state index contributed by atoms with van der Waals surface area (Å²) in [6.07, 6.45) is 1.31. The lowest BCUT2D eigenvalue weighted by Crippen LogP contribution is -2.24. The standard InChI is InChI=1S/C20H23N3O5/c1-20(2,3)15-6-8-16(9-7-15)28-13-19(24)22-21-12-14-5-10-18(27-4)17(11-14)23(25)26/h5-12H,13H2,1-4H3,(H,22,24)/b21-12-. The molecule has 0 saturated carbocycles. The summed E-state index contributed by atoms with van der Waals surface area (Å²) in [4.78, 5) is 22.3. The lowest BCUT2D eigenvalue weighted by atomic mass is 9.87. The van der Waals surface area contributed by atoms with Gasteiger partial charge < -0.3 is 9.47 Å². The molecule has 0 aliphatic carbocycles. The maximum absolute atomic E-state index is 11.8. The van der Waals surface area contributed by atoms with Gasteiger partial charge in [-0.1, -0.05) is 32.9 Å². The molecule has 8 heteroatoms. The van der Waals surface area contributed by atoms with Gasteiger partial charge >= 0.3 is 5.69 Å². The normalized spacial score (nSPS) is 11.3. The summed E-state index contributed by atoms with van der Waals surface area (Å²) in [7, 11) is 1.35. The molecule has 0 radical (unpaired) electrons. The van der Waals surface area contributed by atoms with Crippen molar-refractivity contribution in [3.05, 3.63) is 63.7 Å². The number of nitrogens with one attached hydrogen (secondary N) is 1. The van der Waals surface area contributed by atoms with Crippen molar-refractivity contribution < 1.29 is 19.2 Å². The zero-order valence-corrected chi connectivity index (χ0v) is 16.3. The van der Waals surface area contributed by atoms with Gasteiger partial charge in [0.15, 0.2) is 12.4 Å². The minimum absolute atomic E-state index is 0.0428. The fraction of sp³-hybridized carbons (Fsp3) is 0.300. The molecule has 28 heavy (non-hydrogen) atoms. The average molecular weight is 385 g/mol. The molecule has 0 saturated heterocycles. The van der Waals surface area contributed by atoms with Crippen LogP contribution in [0.3, 0.4) is 0 Å². The van der Waals surface area contributed by atoms with Crippen molar-refractivity contribution in [2.75, 3.05) is 13.7 Å². The smallest absolute Gasteiger partial charge is 0.311 e. The van der Waals surface area contributed by atoms with Gasteiger partial charge in [0.05, 0.1) is 18.2 Å². The van der Waals surface area contributed by atoms with Gasteiger partial charge in [-0.2, -0.15) is 5.10 Å². The number of benzene rings is 2. The number of hydrazone groups is 1. The predicted molar refractivity (Wildman–Crippen MR) is 106 cm³/mol. The topological polar surface area (TPSA) is 103 Å². The molecule has 0 spiro atoms. The number of hydrogen-bond acceptors (Lipinski definition) is 6. The highest BCUT2D eigenvalue weighted by molar-refractivity contribution is 5.84. The third kappa shape index (κ3) is 5.80. The van der Waals surface area contributed by atoms with Gasteiger partial charge in [-0.3, -0.25) is 14.9 Å². The van der Waals surface area contributed by atoms with E-state index in [-0.39, 0.29) is 23.5 Å². The summed E-state index contributed by atoms with van der Waals surface area (Å²) in [5.41, 5.74) is 3.80. The van der Waals surface area contributed by atoms with Gasteiger partial charge in [0.25, 0.3) is 5.91 Å². The first-order valence-corrected chi connectivity index (χ1v) is 8.58. The number of amides is 1. The van der Waals surface area contributed by atoms with Gasteiger partial charge in [0.2, 0.25) is 0 Å². The Morgan fingerprint density at radius 3 is 2.46 bits per heavy atom. The Labute approximate surface area is 163 Å². The van der Waals surface area contributed by atoms with Crippen molar-refractivity contribution in [2.24, 2.45) is 5.10 Å². The molecule has 2 rings (SSSR count). The van der Waals surface area contributed by atoms with Gasteiger partial charge in [0, 0.05) is 11.6 Å². The van der Waals surface area contributed by atoms with Crippen LogP contribution in [0.15, 0.2) is 47.6 Å². The average Bonchev–Trinajstić information content (AvgIpc) is 2.66. The second-order valence-corrected chi connectivity index (χ2v) is 7.04. The summed E-state index contributed by atoms with van der Waals surface area (Å²) < 4.78 is 10.4. The van der Waals surface area contributed by atoms with Gasteiger partial charge in [-0.15, -0.1) is 0 Å². The first-order chi connectivity index (χ1) is 13.2. The molecule has 8 nitrogen and oxygen atoms in total. The molecule has 0 aliphatic heterocycles. The van der Waals surface area contributed by atoms with E-state index in [4.69, 9.17) is 9.47 Å². The van der Waals surface area contributed by atoms with Gasteiger partial charge in [-0.05, 0) is 35.2 Å². The lowest BCUT2D eigenvalue weighted by Gasteiger charge is -2.19. The second kappa shape index (κ2) is 8.98. The number of ether oxygens (including phenoxy) is 2. The monoisotopic (exact) mass is 385 g/mol. The van der Waals surface area contributed by atoms with E-state index in [2.05, 4.69) is 31.3 Å².